The van der Waals surface area contributed by atoms with Gasteiger partial charge in [-0.2, -0.15) is 4.98 Å². The molecule has 6 heteroatoms. The number of nitrogens with zero attached hydrogens (tertiary/aromatic N) is 3. The third-order valence-corrected chi connectivity index (χ3v) is 3.21. The number of aromatic amines is 1. The number of anilines is 1. The van der Waals surface area contributed by atoms with Crippen molar-refractivity contribution in [1.82, 2.24) is 15.2 Å². The van der Waals surface area contributed by atoms with Crippen LogP contribution in [0.1, 0.15) is 32.5 Å². The third-order valence-electron chi connectivity index (χ3n) is 3.21. The van der Waals surface area contributed by atoms with E-state index in [1.807, 2.05) is 13.8 Å². The van der Waals surface area contributed by atoms with Crippen molar-refractivity contribution in [3.63, 3.8) is 0 Å². The molecule has 0 spiro atoms. The SMILES string of the molecule is CC(C)OCc1nc(N2CCCC(CN)C2)n[nH]1. The van der Waals surface area contributed by atoms with Crippen molar-refractivity contribution in [3.05, 3.63) is 5.82 Å². The van der Waals surface area contributed by atoms with E-state index in [4.69, 9.17) is 10.5 Å². The zero-order valence-electron chi connectivity index (χ0n) is 11.2. The lowest BCUT2D eigenvalue weighted by Gasteiger charge is -2.31. The van der Waals surface area contributed by atoms with Crippen LogP contribution in [0.4, 0.5) is 5.95 Å². The summed E-state index contributed by atoms with van der Waals surface area (Å²) in [4.78, 5) is 6.67. The molecular weight excluding hydrogens is 230 g/mol. The monoisotopic (exact) mass is 253 g/mol. The van der Waals surface area contributed by atoms with Crippen LogP contribution in [0.15, 0.2) is 0 Å². The molecule has 0 radical (unpaired) electrons. The van der Waals surface area contributed by atoms with Gasteiger partial charge < -0.3 is 15.4 Å². The smallest absolute Gasteiger partial charge is 0.244 e. The summed E-state index contributed by atoms with van der Waals surface area (Å²) in [5.41, 5.74) is 5.73. The van der Waals surface area contributed by atoms with Crippen molar-refractivity contribution in [2.24, 2.45) is 11.7 Å². The van der Waals surface area contributed by atoms with Crippen LogP contribution in [0.5, 0.6) is 0 Å². The first-order chi connectivity index (χ1) is 8.69. The Morgan fingerprint density at radius 2 is 2.39 bits per heavy atom. The molecule has 102 valence electrons. The average Bonchev–Trinajstić information content (AvgIpc) is 2.85. The molecule has 1 aliphatic heterocycles. The Bertz CT molecular complexity index is 365. The number of nitrogens with two attached hydrogens (primary N) is 1. The standard InChI is InChI=1S/C12H23N5O/c1-9(2)18-8-11-14-12(16-15-11)17-5-3-4-10(6-13)7-17/h9-10H,3-8,13H2,1-2H3,(H,14,15,16). The number of H-pyrrole nitrogens is 1. The van der Waals surface area contributed by atoms with Crippen molar-refractivity contribution in [3.8, 4) is 0 Å². The second-order valence-corrected chi connectivity index (χ2v) is 5.13. The van der Waals surface area contributed by atoms with Gasteiger partial charge >= 0.3 is 0 Å². The normalized spacial score (nSPS) is 20.7. The molecule has 1 aromatic rings. The van der Waals surface area contributed by atoms with Crippen LogP contribution in [0.25, 0.3) is 0 Å². The Morgan fingerprint density at radius 3 is 3.11 bits per heavy atom. The van der Waals surface area contributed by atoms with Gasteiger partial charge in [0.15, 0.2) is 5.82 Å². The van der Waals surface area contributed by atoms with Crippen molar-refractivity contribution in [1.29, 1.82) is 0 Å². The summed E-state index contributed by atoms with van der Waals surface area (Å²) in [6.07, 6.45) is 2.57. The molecule has 1 saturated heterocycles. The van der Waals surface area contributed by atoms with Crippen LogP contribution in [0, 0.1) is 5.92 Å². The van der Waals surface area contributed by atoms with Crippen molar-refractivity contribution in [2.75, 3.05) is 24.5 Å². The second kappa shape index (κ2) is 6.15. The molecule has 2 rings (SSSR count). The van der Waals surface area contributed by atoms with Gasteiger partial charge in [0, 0.05) is 13.1 Å². The predicted octanol–water partition coefficient (Wildman–Crippen LogP) is 0.905. The number of rotatable bonds is 5. The minimum Gasteiger partial charge on any atom is -0.371 e. The predicted molar refractivity (Wildman–Crippen MR) is 70.3 cm³/mol. The molecule has 0 saturated carbocycles. The van der Waals surface area contributed by atoms with Gasteiger partial charge in [-0.1, -0.05) is 0 Å². The highest BCUT2D eigenvalue weighted by atomic mass is 16.5. The molecule has 18 heavy (non-hydrogen) atoms. The summed E-state index contributed by atoms with van der Waals surface area (Å²) in [6, 6.07) is 0. The molecule has 0 amide bonds. The number of ether oxygens (including phenoxy) is 1. The van der Waals surface area contributed by atoms with Gasteiger partial charge in [0.25, 0.3) is 0 Å². The first-order valence-electron chi connectivity index (χ1n) is 6.67. The maximum absolute atomic E-state index is 5.73. The molecule has 1 aliphatic rings. The summed E-state index contributed by atoms with van der Waals surface area (Å²) < 4.78 is 5.50. The Morgan fingerprint density at radius 1 is 1.56 bits per heavy atom. The van der Waals surface area contributed by atoms with Gasteiger partial charge in [-0.05, 0) is 39.2 Å². The van der Waals surface area contributed by atoms with E-state index in [0.29, 0.717) is 12.5 Å². The van der Waals surface area contributed by atoms with Crippen LogP contribution in [-0.4, -0.2) is 40.9 Å². The topological polar surface area (TPSA) is 80.1 Å². The summed E-state index contributed by atoms with van der Waals surface area (Å²) >= 11 is 0. The lowest BCUT2D eigenvalue weighted by molar-refractivity contribution is 0.0615. The van der Waals surface area contributed by atoms with Gasteiger partial charge in [-0.3, -0.25) is 5.10 Å². The quantitative estimate of drug-likeness (QED) is 0.815. The summed E-state index contributed by atoms with van der Waals surface area (Å²) in [5, 5.41) is 7.19. The Hall–Kier alpha value is -1.14. The minimum absolute atomic E-state index is 0.204. The molecule has 0 bridgehead atoms. The summed E-state index contributed by atoms with van der Waals surface area (Å²) in [7, 11) is 0. The lowest BCUT2D eigenvalue weighted by atomic mass is 9.99. The number of nitrogens with one attached hydrogen (secondary N) is 1. The number of piperidine rings is 1. The van der Waals surface area contributed by atoms with E-state index in [2.05, 4.69) is 20.1 Å². The van der Waals surface area contributed by atoms with E-state index in [0.717, 1.165) is 37.8 Å². The fourth-order valence-electron chi connectivity index (χ4n) is 2.18. The lowest BCUT2D eigenvalue weighted by Crippen LogP contribution is -2.39. The van der Waals surface area contributed by atoms with Crippen molar-refractivity contribution >= 4 is 5.95 Å². The van der Waals surface area contributed by atoms with Crippen molar-refractivity contribution in [2.45, 2.75) is 39.4 Å². The highest BCUT2D eigenvalue weighted by Crippen LogP contribution is 2.19. The molecule has 1 atom stereocenters. The Labute approximate surface area is 108 Å². The maximum Gasteiger partial charge on any atom is 0.244 e. The number of hydrogen-bond acceptors (Lipinski definition) is 5. The van der Waals surface area contributed by atoms with E-state index in [-0.39, 0.29) is 6.10 Å². The number of hydrogen-bond donors (Lipinski definition) is 2. The highest BCUT2D eigenvalue weighted by Gasteiger charge is 2.21. The van der Waals surface area contributed by atoms with Crippen LogP contribution >= 0.6 is 0 Å². The van der Waals surface area contributed by atoms with E-state index in [1.54, 1.807) is 0 Å². The minimum atomic E-state index is 0.204. The van der Waals surface area contributed by atoms with Gasteiger partial charge in [-0.25, -0.2) is 0 Å². The van der Waals surface area contributed by atoms with Crippen molar-refractivity contribution < 1.29 is 4.74 Å². The first-order valence-corrected chi connectivity index (χ1v) is 6.67. The number of aromatic nitrogens is 3. The average molecular weight is 253 g/mol. The fourth-order valence-corrected chi connectivity index (χ4v) is 2.18. The van der Waals surface area contributed by atoms with Crippen LogP contribution in [0.3, 0.4) is 0 Å². The molecule has 1 unspecified atom stereocenters. The molecule has 3 N–H and O–H groups in total. The molecule has 1 aromatic heterocycles. The molecule has 0 aromatic carbocycles. The van der Waals surface area contributed by atoms with Crippen LogP contribution in [0.2, 0.25) is 0 Å². The third kappa shape index (κ3) is 3.43. The van der Waals surface area contributed by atoms with Gasteiger partial charge in [0.1, 0.15) is 6.61 Å². The highest BCUT2D eigenvalue weighted by molar-refractivity contribution is 5.29. The largest absolute Gasteiger partial charge is 0.371 e. The van der Waals surface area contributed by atoms with Gasteiger partial charge in [-0.15, -0.1) is 5.10 Å². The van der Waals surface area contributed by atoms with Crippen LogP contribution in [-0.2, 0) is 11.3 Å². The van der Waals surface area contributed by atoms with Gasteiger partial charge in [0.05, 0.1) is 6.10 Å². The van der Waals surface area contributed by atoms with E-state index < -0.39 is 0 Å². The molecule has 6 nitrogen and oxygen atoms in total. The molecular formula is C12H23N5O. The fraction of sp³-hybridized carbons (Fsp3) is 0.833. The Balaban J connectivity index is 1.92. The van der Waals surface area contributed by atoms with E-state index >= 15 is 0 Å². The molecule has 1 fully saturated rings. The molecule has 0 aliphatic carbocycles. The zero-order chi connectivity index (χ0) is 13.0. The zero-order valence-corrected chi connectivity index (χ0v) is 11.2. The van der Waals surface area contributed by atoms with E-state index in [1.165, 1.54) is 6.42 Å². The van der Waals surface area contributed by atoms with E-state index in [9.17, 15) is 0 Å². The van der Waals surface area contributed by atoms with Gasteiger partial charge in [0.2, 0.25) is 5.95 Å². The summed E-state index contributed by atoms with van der Waals surface area (Å²) in [5.74, 6) is 2.12. The summed E-state index contributed by atoms with van der Waals surface area (Å²) in [6.45, 7) is 7.21. The first kappa shape index (κ1) is 13.3. The Kier molecular flexibility index (Phi) is 4.54. The maximum atomic E-state index is 5.73. The second-order valence-electron chi connectivity index (χ2n) is 5.13. The van der Waals surface area contributed by atoms with Crippen LogP contribution < -0.4 is 10.6 Å². The molecule has 2 heterocycles.